The van der Waals surface area contributed by atoms with Gasteiger partial charge in [0.15, 0.2) is 0 Å². The van der Waals surface area contributed by atoms with Crippen LogP contribution >= 0.6 is 27.5 Å². The quantitative estimate of drug-likeness (QED) is 0.295. The fourth-order valence-electron chi connectivity index (χ4n) is 3.71. The van der Waals surface area contributed by atoms with E-state index in [1.54, 1.807) is 37.3 Å². The Kier molecular flexibility index (Phi) is 10.5. The Morgan fingerprint density at radius 3 is 2.23 bits per heavy atom. The van der Waals surface area contributed by atoms with E-state index in [0.29, 0.717) is 6.54 Å². The lowest BCUT2D eigenvalue weighted by Crippen LogP contribution is -2.51. The van der Waals surface area contributed by atoms with Crippen LogP contribution in [0.2, 0.25) is 5.02 Å². The molecule has 208 valence electrons. The number of anilines is 1. The summed E-state index contributed by atoms with van der Waals surface area (Å²) in [5.74, 6) is -1.51. The Bertz CT molecular complexity index is 1410. The van der Waals surface area contributed by atoms with Gasteiger partial charge in [0, 0.05) is 17.6 Å². The highest BCUT2D eigenvalue weighted by atomic mass is 79.9. The van der Waals surface area contributed by atoms with Gasteiger partial charge in [-0.25, -0.2) is 12.8 Å². The van der Waals surface area contributed by atoms with Crippen LogP contribution in [0.25, 0.3) is 0 Å². The Labute approximate surface area is 242 Å². The van der Waals surface area contributed by atoms with Crippen molar-refractivity contribution in [2.45, 2.75) is 38.3 Å². The summed E-state index contributed by atoms with van der Waals surface area (Å²) < 4.78 is 43.1. The van der Waals surface area contributed by atoms with Crippen LogP contribution in [-0.2, 0) is 26.2 Å². The molecule has 0 bridgehead atoms. The second-order valence-corrected chi connectivity index (χ2v) is 12.6. The fourth-order valence-corrected chi connectivity index (χ4v) is 5.58. The standard InChI is InChI=1S/C28H30BrClFN3O4S/c1-19(2)16-32-28(36)20(3)33(17-21-9-11-22(29)12-10-21)27(35)18-34(23-13-14-26(31)25(30)15-23)39(37,38)24-7-5-4-6-8-24/h4-15,19-20H,16-18H2,1-3H3,(H,32,36). The number of hydrogen-bond donors (Lipinski definition) is 1. The van der Waals surface area contributed by atoms with E-state index in [9.17, 15) is 22.4 Å². The van der Waals surface area contributed by atoms with Crippen LogP contribution < -0.4 is 9.62 Å². The van der Waals surface area contributed by atoms with Gasteiger partial charge < -0.3 is 10.2 Å². The van der Waals surface area contributed by atoms with E-state index in [4.69, 9.17) is 11.6 Å². The predicted molar refractivity (Wildman–Crippen MR) is 154 cm³/mol. The normalized spacial score (nSPS) is 12.2. The van der Waals surface area contributed by atoms with Crippen LogP contribution in [0, 0.1) is 11.7 Å². The van der Waals surface area contributed by atoms with Crippen molar-refractivity contribution in [3.8, 4) is 0 Å². The Morgan fingerprint density at radius 1 is 1.00 bits per heavy atom. The van der Waals surface area contributed by atoms with Crippen molar-refractivity contribution in [3.05, 3.63) is 93.7 Å². The molecule has 0 fully saturated rings. The zero-order valence-corrected chi connectivity index (χ0v) is 24.9. The topological polar surface area (TPSA) is 86.8 Å². The number of sulfonamides is 1. The van der Waals surface area contributed by atoms with Crippen LogP contribution in [0.15, 0.2) is 82.2 Å². The average molecular weight is 639 g/mol. The zero-order valence-electron chi connectivity index (χ0n) is 21.8. The third-order valence-electron chi connectivity index (χ3n) is 5.92. The average Bonchev–Trinajstić information content (AvgIpc) is 2.91. The SMILES string of the molecule is CC(C)CNC(=O)C(C)N(Cc1ccc(Br)cc1)C(=O)CN(c1ccc(F)c(Cl)c1)S(=O)(=O)c1ccccc1. The van der Waals surface area contributed by atoms with Gasteiger partial charge >= 0.3 is 0 Å². The van der Waals surface area contributed by atoms with Gasteiger partial charge in [0.1, 0.15) is 18.4 Å². The summed E-state index contributed by atoms with van der Waals surface area (Å²) in [7, 11) is -4.26. The molecule has 0 heterocycles. The van der Waals surface area contributed by atoms with Crippen molar-refractivity contribution in [2.75, 3.05) is 17.4 Å². The molecule has 0 aliphatic rings. The summed E-state index contributed by atoms with van der Waals surface area (Å²) in [5.41, 5.74) is 0.761. The first kappa shape index (κ1) is 30.6. The molecule has 0 saturated heterocycles. The highest BCUT2D eigenvalue weighted by Crippen LogP contribution is 2.28. The number of amides is 2. The minimum absolute atomic E-state index is 0.0131. The lowest BCUT2D eigenvalue weighted by atomic mass is 10.1. The Balaban J connectivity index is 2.02. The maximum absolute atomic E-state index is 13.9. The molecule has 11 heteroatoms. The molecule has 0 radical (unpaired) electrons. The third kappa shape index (κ3) is 8.03. The first-order valence-corrected chi connectivity index (χ1v) is 14.9. The van der Waals surface area contributed by atoms with Crippen molar-refractivity contribution < 1.29 is 22.4 Å². The molecule has 0 aliphatic heterocycles. The first-order chi connectivity index (χ1) is 18.4. The molecule has 3 rings (SSSR count). The number of rotatable bonds is 11. The monoisotopic (exact) mass is 637 g/mol. The number of carbonyl (C=O) groups excluding carboxylic acids is 2. The molecular formula is C28H30BrClFN3O4S. The smallest absolute Gasteiger partial charge is 0.264 e. The predicted octanol–water partition coefficient (Wildman–Crippen LogP) is 5.63. The fraction of sp³-hybridized carbons (Fsp3) is 0.286. The molecule has 0 aromatic heterocycles. The van der Waals surface area contributed by atoms with Crippen LogP contribution in [0.4, 0.5) is 10.1 Å². The van der Waals surface area contributed by atoms with Crippen LogP contribution in [0.5, 0.6) is 0 Å². The van der Waals surface area contributed by atoms with Crippen LogP contribution in [0.1, 0.15) is 26.3 Å². The minimum atomic E-state index is -4.26. The second kappa shape index (κ2) is 13.4. The van der Waals surface area contributed by atoms with E-state index in [0.717, 1.165) is 26.5 Å². The van der Waals surface area contributed by atoms with E-state index in [-0.39, 0.29) is 34.0 Å². The molecule has 1 N–H and O–H groups in total. The number of nitrogens with zero attached hydrogens (tertiary/aromatic N) is 2. The minimum Gasteiger partial charge on any atom is -0.354 e. The lowest BCUT2D eigenvalue weighted by Gasteiger charge is -2.32. The second-order valence-electron chi connectivity index (χ2n) is 9.39. The van der Waals surface area contributed by atoms with Crippen molar-refractivity contribution in [3.63, 3.8) is 0 Å². The number of benzene rings is 3. The molecule has 3 aromatic rings. The molecule has 2 amide bonds. The number of hydrogen-bond acceptors (Lipinski definition) is 4. The van der Waals surface area contributed by atoms with E-state index in [2.05, 4.69) is 21.2 Å². The Hall–Kier alpha value is -2.95. The summed E-state index contributed by atoms with van der Waals surface area (Å²) >= 11 is 9.36. The molecule has 1 unspecified atom stereocenters. The molecule has 0 spiro atoms. The van der Waals surface area contributed by atoms with E-state index < -0.39 is 34.3 Å². The summed E-state index contributed by atoms with van der Waals surface area (Å²) in [5, 5.41) is 2.55. The molecule has 1 atom stereocenters. The van der Waals surface area contributed by atoms with Gasteiger partial charge in [0.05, 0.1) is 15.6 Å². The van der Waals surface area contributed by atoms with Crippen molar-refractivity contribution >= 4 is 55.1 Å². The maximum atomic E-state index is 13.9. The van der Waals surface area contributed by atoms with Gasteiger partial charge in [0.2, 0.25) is 11.8 Å². The van der Waals surface area contributed by atoms with Crippen LogP contribution in [0.3, 0.4) is 0 Å². The molecule has 39 heavy (non-hydrogen) atoms. The van der Waals surface area contributed by atoms with Gasteiger partial charge in [-0.3, -0.25) is 13.9 Å². The highest BCUT2D eigenvalue weighted by Gasteiger charge is 2.32. The van der Waals surface area contributed by atoms with Crippen molar-refractivity contribution in [1.29, 1.82) is 0 Å². The van der Waals surface area contributed by atoms with Gasteiger partial charge in [-0.05, 0) is 60.9 Å². The largest absolute Gasteiger partial charge is 0.354 e. The highest BCUT2D eigenvalue weighted by molar-refractivity contribution is 9.10. The van der Waals surface area contributed by atoms with Crippen molar-refractivity contribution in [2.24, 2.45) is 5.92 Å². The van der Waals surface area contributed by atoms with Gasteiger partial charge in [-0.1, -0.05) is 71.7 Å². The number of carbonyl (C=O) groups is 2. The van der Waals surface area contributed by atoms with Crippen LogP contribution in [-0.4, -0.2) is 44.3 Å². The number of nitrogens with one attached hydrogen (secondary N) is 1. The Morgan fingerprint density at radius 2 is 1.64 bits per heavy atom. The first-order valence-electron chi connectivity index (χ1n) is 12.2. The molecule has 0 saturated carbocycles. The van der Waals surface area contributed by atoms with E-state index in [1.807, 2.05) is 26.0 Å². The van der Waals surface area contributed by atoms with E-state index >= 15 is 0 Å². The number of halogens is 3. The van der Waals surface area contributed by atoms with E-state index in [1.165, 1.54) is 23.1 Å². The zero-order chi connectivity index (χ0) is 28.7. The maximum Gasteiger partial charge on any atom is 0.264 e. The van der Waals surface area contributed by atoms with Crippen molar-refractivity contribution in [1.82, 2.24) is 10.2 Å². The van der Waals surface area contributed by atoms with Gasteiger partial charge in [-0.15, -0.1) is 0 Å². The summed E-state index contributed by atoms with van der Waals surface area (Å²) in [6, 6.07) is 17.4. The molecule has 3 aromatic carbocycles. The molecule has 7 nitrogen and oxygen atoms in total. The summed E-state index contributed by atoms with van der Waals surface area (Å²) in [6.45, 7) is 5.35. The van der Waals surface area contributed by atoms with Gasteiger partial charge in [-0.2, -0.15) is 0 Å². The lowest BCUT2D eigenvalue weighted by molar-refractivity contribution is -0.139. The van der Waals surface area contributed by atoms with Gasteiger partial charge in [0.25, 0.3) is 10.0 Å². The summed E-state index contributed by atoms with van der Waals surface area (Å²) in [4.78, 5) is 28.1. The molecular weight excluding hydrogens is 609 g/mol. The third-order valence-corrected chi connectivity index (χ3v) is 8.53. The molecule has 0 aliphatic carbocycles. The summed E-state index contributed by atoms with van der Waals surface area (Å²) in [6.07, 6.45) is 0.